The Morgan fingerprint density at radius 2 is 2.33 bits per heavy atom. The fraction of sp³-hybridized carbons (Fsp3) is 1.00. The van der Waals surface area contributed by atoms with Gasteiger partial charge in [0.15, 0.2) is 0 Å². The van der Waals surface area contributed by atoms with Crippen molar-refractivity contribution in [3.05, 3.63) is 0 Å². The maximum absolute atomic E-state index is 8.11. The third-order valence-electron chi connectivity index (χ3n) is 0.243. The van der Waals surface area contributed by atoms with Gasteiger partial charge in [-0.25, -0.2) is 0 Å². The van der Waals surface area contributed by atoms with Crippen LogP contribution >= 0.6 is 21.8 Å². The van der Waals surface area contributed by atoms with Crippen LogP contribution in [0.2, 0.25) is 0 Å². The van der Waals surface area contributed by atoms with E-state index >= 15 is 0 Å². The van der Waals surface area contributed by atoms with E-state index in [9.17, 15) is 0 Å². The van der Waals surface area contributed by atoms with Gasteiger partial charge in [0.2, 0.25) is 0 Å². The Balaban J connectivity index is 2.34. The molecule has 0 radical (unpaired) electrons. The zero-order valence-corrected chi connectivity index (χ0v) is 4.89. The molecule has 0 spiro atoms. The molecule has 0 fully saturated rings. The summed E-state index contributed by atoms with van der Waals surface area (Å²) in [5.41, 5.74) is 0. The average molecular weight is 125 g/mol. The van der Waals surface area contributed by atoms with Crippen molar-refractivity contribution in [3.63, 3.8) is 0 Å². The van der Waals surface area contributed by atoms with Crippen molar-refractivity contribution in [1.29, 1.82) is 0 Å². The summed E-state index contributed by atoms with van der Waals surface area (Å²) in [6.07, 6.45) is 0. The maximum Gasteiger partial charge on any atom is 0.0530 e. The molecule has 0 atom stereocenters. The normalized spacial score (nSPS) is 9.00. The Hall–Kier alpha value is 0.620. The largest absolute Gasteiger partial charge is 0.395 e. The van der Waals surface area contributed by atoms with Gasteiger partial charge in [0.1, 0.15) is 0 Å². The lowest BCUT2D eigenvalue weighted by atomic mass is 10.9. The molecule has 0 unspecified atom stereocenters. The van der Waals surface area contributed by atoms with Crippen LogP contribution in [0.15, 0.2) is 0 Å². The highest BCUT2D eigenvalue weighted by Crippen LogP contribution is 2.10. The third kappa shape index (κ3) is 4.62. The molecule has 0 aliphatic carbocycles. The standard InChI is InChI=1S/C2H7NOS2/c3-6-5-2-1-4/h4H,1-3H2. The highest BCUT2D eigenvalue weighted by atomic mass is 33.1. The first-order chi connectivity index (χ1) is 2.91. The number of rotatable bonds is 3. The molecule has 0 bridgehead atoms. The van der Waals surface area contributed by atoms with Gasteiger partial charge in [-0.15, -0.1) is 0 Å². The first kappa shape index (κ1) is 6.62. The molecular formula is C2H7NOS2. The summed E-state index contributed by atoms with van der Waals surface area (Å²) in [5.74, 6) is 0.723. The molecule has 0 saturated carbocycles. The van der Waals surface area contributed by atoms with Gasteiger partial charge in [0.05, 0.1) is 6.61 Å². The summed E-state index contributed by atoms with van der Waals surface area (Å²) >= 11 is 0. The third-order valence-corrected chi connectivity index (χ3v) is 1.64. The van der Waals surface area contributed by atoms with Crippen LogP contribution in [0.5, 0.6) is 0 Å². The van der Waals surface area contributed by atoms with Crippen LogP contribution in [0, 0.1) is 0 Å². The van der Waals surface area contributed by atoms with E-state index in [-0.39, 0.29) is 6.61 Å². The topological polar surface area (TPSA) is 46.2 Å². The summed E-state index contributed by atoms with van der Waals surface area (Å²) in [4.78, 5) is 0. The van der Waals surface area contributed by atoms with Gasteiger partial charge >= 0.3 is 0 Å². The van der Waals surface area contributed by atoms with E-state index in [4.69, 9.17) is 10.2 Å². The number of hydrogen-bond acceptors (Lipinski definition) is 4. The van der Waals surface area contributed by atoms with Gasteiger partial charge in [0, 0.05) is 5.75 Å². The molecule has 0 aliphatic rings. The van der Waals surface area contributed by atoms with E-state index in [1.54, 1.807) is 0 Å². The predicted molar refractivity (Wildman–Crippen MR) is 31.3 cm³/mol. The lowest BCUT2D eigenvalue weighted by Gasteiger charge is -1.85. The van der Waals surface area contributed by atoms with Crippen LogP contribution in [0.3, 0.4) is 0 Å². The van der Waals surface area contributed by atoms with Crippen molar-refractivity contribution in [1.82, 2.24) is 0 Å². The minimum Gasteiger partial charge on any atom is -0.395 e. The Morgan fingerprint density at radius 3 is 2.50 bits per heavy atom. The Labute approximate surface area is 45.0 Å². The molecule has 0 aromatic carbocycles. The summed E-state index contributed by atoms with van der Waals surface area (Å²) in [6.45, 7) is 0.217. The summed E-state index contributed by atoms with van der Waals surface area (Å²) < 4.78 is 0. The molecule has 0 aliphatic heterocycles. The van der Waals surface area contributed by atoms with Crippen LogP contribution < -0.4 is 5.14 Å². The van der Waals surface area contributed by atoms with E-state index in [0.717, 1.165) is 5.75 Å². The quantitative estimate of drug-likeness (QED) is 0.322. The minimum absolute atomic E-state index is 0.217. The summed E-state index contributed by atoms with van der Waals surface area (Å²) in [6, 6.07) is 0. The number of aliphatic hydroxyl groups is 1. The minimum atomic E-state index is 0.217. The second-order valence-electron chi connectivity index (χ2n) is 0.642. The van der Waals surface area contributed by atoms with Crippen LogP contribution in [-0.4, -0.2) is 17.5 Å². The summed E-state index contributed by atoms with van der Waals surface area (Å²) in [5, 5.41) is 13.1. The van der Waals surface area contributed by atoms with E-state index in [0.29, 0.717) is 0 Å². The predicted octanol–water partition coefficient (Wildman–Crippen LogP) is 0.234. The van der Waals surface area contributed by atoms with Crippen LogP contribution in [-0.2, 0) is 0 Å². The van der Waals surface area contributed by atoms with Gasteiger partial charge < -0.3 is 5.11 Å². The smallest absolute Gasteiger partial charge is 0.0530 e. The van der Waals surface area contributed by atoms with Gasteiger partial charge in [-0.1, -0.05) is 10.8 Å². The molecule has 38 valence electrons. The summed E-state index contributed by atoms with van der Waals surface area (Å²) in [7, 11) is 2.64. The molecule has 0 rings (SSSR count). The highest BCUT2D eigenvalue weighted by molar-refractivity contribution is 8.75. The van der Waals surface area contributed by atoms with Crippen molar-refractivity contribution in [2.24, 2.45) is 5.14 Å². The SMILES string of the molecule is NSSCCO. The van der Waals surface area contributed by atoms with Crippen molar-refractivity contribution in [2.45, 2.75) is 0 Å². The van der Waals surface area contributed by atoms with Crippen molar-refractivity contribution < 1.29 is 5.11 Å². The Bertz CT molecular complexity index is 23.5. The van der Waals surface area contributed by atoms with Gasteiger partial charge in [-0.3, -0.25) is 5.14 Å². The lowest BCUT2D eigenvalue weighted by Crippen LogP contribution is -1.83. The molecule has 0 saturated heterocycles. The van der Waals surface area contributed by atoms with Crippen molar-refractivity contribution in [3.8, 4) is 0 Å². The van der Waals surface area contributed by atoms with Gasteiger partial charge in [0.25, 0.3) is 0 Å². The van der Waals surface area contributed by atoms with E-state index < -0.39 is 0 Å². The number of hydrogen-bond donors (Lipinski definition) is 2. The molecule has 0 heterocycles. The molecule has 3 N–H and O–H groups in total. The van der Waals surface area contributed by atoms with Crippen molar-refractivity contribution >= 4 is 21.8 Å². The second kappa shape index (κ2) is 5.62. The Morgan fingerprint density at radius 1 is 1.67 bits per heavy atom. The fourth-order valence-electron chi connectivity index (χ4n) is 0.0854. The van der Waals surface area contributed by atoms with Crippen molar-refractivity contribution in [2.75, 3.05) is 12.4 Å². The number of aliphatic hydroxyl groups excluding tert-OH is 1. The Kier molecular flexibility index (Phi) is 6.20. The maximum atomic E-state index is 8.11. The average Bonchev–Trinajstić information content (AvgIpc) is 1.61. The van der Waals surface area contributed by atoms with Crippen LogP contribution in [0.4, 0.5) is 0 Å². The first-order valence-electron chi connectivity index (χ1n) is 1.51. The van der Waals surface area contributed by atoms with Crippen LogP contribution in [0.25, 0.3) is 0 Å². The second-order valence-corrected chi connectivity index (χ2v) is 2.76. The van der Waals surface area contributed by atoms with Gasteiger partial charge in [-0.05, 0) is 11.0 Å². The molecule has 4 heteroatoms. The van der Waals surface area contributed by atoms with Gasteiger partial charge in [-0.2, -0.15) is 0 Å². The van der Waals surface area contributed by atoms with E-state index in [2.05, 4.69) is 0 Å². The highest BCUT2D eigenvalue weighted by Gasteiger charge is 1.77. The number of nitrogens with two attached hydrogens (primary N) is 1. The lowest BCUT2D eigenvalue weighted by molar-refractivity contribution is 0.323. The molecule has 0 aromatic heterocycles. The molecule has 0 aromatic rings. The molecule has 2 nitrogen and oxygen atoms in total. The zero-order chi connectivity index (χ0) is 4.83. The molecule has 6 heavy (non-hydrogen) atoms. The first-order valence-corrected chi connectivity index (χ1v) is 3.89. The monoisotopic (exact) mass is 125 g/mol. The zero-order valence-electron chi connectivity index (χ0n) is 3.26. The fourth-order valence-corrected chi connectivity index (χ4v) is 0.768. The molecular weight excluding hydrogens is 118 g/mol. The van der Waals surface area contributed by atoms with E-state index in [1.165, 1.54) is 21.8 Å². The molecule has 0 amide bonds. The van der Waals surface area contributed by atoms with Crippen LogP contribution in [0.1, 0.15) is 0 Å². The van der Waals surface area contributed by atoms with E-state index in [1.807, 2.05) is 0 Å².